The van der Waals surface area contributed by atoms with E-state index < -0.39 is 23.6 Å². The van der Waals surface area contributed by atoms with Gasteiger partial charge in [0.05, 0.1) is 12.6 Å². The van der Waals surface area contributed by atoms with Crippen molar-refractivity contribution in [3.63, 3.8) is 0 Å². The predicted molar refractivity (Wildman–Crippen MR) is 61.4 cm³/mol. The van der Waals surface area contributed by atoms with E-state index in [1.807, 2.05) is 0 Å². The molecule has 0 saturated carbocycles. The van der Waals surface area contributed by atoms with Gasteiger partial charge in [0.25, 0.3) is 5.91 Å². The van der Waals surface area contributed by atoms with Crippen molar-refractivity contribution in [3.8, 4) is 0 Å². The van der Waals surface area contributed by atoms with Gasteiger partial charge in [-0.15, -0.1) is 0 Å². The molecule has 1 aliphatic rings. The fourth-order valence-electron chi connectivity index (χ4n) is 1.60. The van der Waals surface area contributed by atoms with Crippen molar-refractivity contribution >= 4 is 12.0 Å². The Labute approximate surface area is 101 Å². The van der Waals surface area contributed by atoms with Crippen LogP contribution in [0.4, 0.5) is 4.79 Å². The summed E-state index contributed by atoms with van der Waals surface area (Å²) < 4.78 is 5.17. The molecule has 0 aromatic carbocycles. The Morgan fingerprint density at radius 2 is 2.18 bits per heavy atom. The molecule has 1 aliphatic heterocycles. The zero-order valence-corrected chi connectivity index (χ0v) is 10.7. The number of carbonyl (C=O) groups excluding carboxylic acids is 2. The van der Waals surface area contributed by atoms with E-state index in [1.54, 1.807) is 27.7 Å². The van der Waals surface area contributed by atoms with Gasteiger partial charge in [0.15, 0.2) is 0 Å². The summed E-state index contributed by atoms with van der Waals surface area (Å²) in [4.78, 5) is 24.8. The summed E-state index contributed by atoms with van der Waals surface area (Å²) in [5.74, 6) is -0.444. The van der Waals surface area contributed by atoms with Crippen LogP contribution >= 0.6 is 0 Å². The second-order valence-corrected chi connectivity index (χ2v) is 5.18. The molecule has 1 rings (SSSR count). The van der Waals surface area contributed by atoms with Crippen LogP contribution in [0, 0.1) is 0 Å². The minimum atomic E-state index is -0.723. The number of hydrogen-bond donors (Lipinski definition) is 2. The number of aliphatic hydroxyl groups excluding tert-OH is 1. The topological polar surface area (TPSA) is 78.9 Å². The van der Waals surface area contributed by atoms with Gasteiger partial charge in [-0.1, -0.05) is 0 Å². The van der Waals surface area contributed by atoms with Crippen LogP contribution in [0.5, 0.6) is 0 Å². The first-order valence-electron chi connectivity index (χ1n) is 5.66. The first kappa shape index (κ1) is 13.9. The van der Waals surface area contributed by atoms with E-state index >= 15 is 0 Å². The van der Waals surface area contributed by atoms with E-state index in [0.29, 0.717) is 6.54 Å². The van der Waals surface area contributed by atoms with E-state index in [9.17, 15) is 9.59 Å². The lowest BCUT2D eigenvalue weighted by Crippen LogP contribution is -2.62. The summed E-state index contributed by atoms with van der Waals surface area (Å²) in [5, 5.41) is 11.9. The monoisotopic (exact) mass is 244 g/mol. The Kier molecular flexibility index (Phi) is 4.11. The number of rotatable bonds is 1. The van der Waals surface area contributed by atoms with Crippen LogP contribution in [0.15, 0.2) is 0 Å². The molecular weight excluding hydrogens is 224 g/mol. The number of aliphatic hydroxyl groups is 1. The molecule has 1 fully saturated rings. The zero-order chi connectivity index (χ0) is 13.2. The van der Waals surface area contributed by atoms with Crippen LogP contribution in [-0.2, 0) is 9.53 Å². The normalized spacial score (nSPS) is 25.9. The number of imide groups is 1. The zero-order valence-electron chi connectivity index (χ0n) is 10.7. The third kappa shape index (κ3) is 3.41. The van der Waals surface area contributed by atoms with Gasteiger partial charge < -0.3 is 15.2 Å². The summed E-state index contributed by atoms with van der Waals surface area (Å²) in [7, 11) is 0. The first-order valence-corrected chi connectivity index (χ1v) is 5.66. The van der Waals surface area contributed by atoms with E-state index in [4.69, 9.17) is 9.84 Å². The summed E-state index contributed by atoms with van der Waals surface area (Å²) in [6.07, 6.45) is -0.657. The third-order valence-corrected chi connectivity index (χ3v) is 2.41. The summed E-state index contributed by atoms with van der Waals surface area (Å²) in [6, 6.07) is -1.00. The van der Waals surface area contributed by atoms with Gasteiger partial charge in [0.1, 0.15) is 11.6 Å². The molecule has 0 bridgehead atoms. The van der Waals surface area contributed by atoms with Crippen molar-refractivity contribution in [2.75, 3.05) is 13.2 Å². The first-order chi connectivity index (χ1) is 7.76. The van der Waals surface area contributed by atoms with Gasteiger partial charge in [-0.3, -0.25) is 4.79 Å². The molecule has 0 aromatic heterocycles. The maximum Gasteiger partial charge on any atom is 0.417 e. The molecule has 2 amide bonds. The van der Waals surface area contributed by atoms with Crippen molar-refractivity contribution < 1.29 is 19.4 Å². The molecule has 0 unspecified atom stereocenters. The molecule has 1 heterocycles. The third-order valence-electron chi connectivity index (χ3n) is 2.41. The lowest BCUT2D eigenvalue weighted by Gasteiger charge is -2.36. The van der Waals surface area contributed by atoms with Crippen LogP contribution in [0.1, 0.15) is 27.7 Å². The Hall–Kier alpha value is -1.14. The number of hydrogen-bond acceptors (Lipinski definition) is 5. The van der Waals surface area contributed by atoms with Crippen molar-refractivity contribution in [2.45, 2.75) is 45.4 Å². The predicted octanol–water partition coefficient (Wildman–Crippen LogP) is 0.103. The van der Waals surface area contributed by atoms with Crippen LogP contribution in [-0.4, -0.2) is 52.8 Å². The minimum absolute atomic E-state index is 0.278. The number of ether oxygens (including phenoxy) is 1. The van der Waals surface area contributed by atoms with E-state index in [0.717, 1.165) is 4.90 Å². The minimum Gasteiger partial charge on any atom is -0.443 e. The maximum atomic E-state index is 11.9. The number of carbonyl (C=O) groups is 2. The second kappa shape index (κ2) is 5.01. The lowest BCUT2D eigenvalue weighted by molar-refractivity contribution is -0.138. The summed E-state index contributed by atoms with van der Waals surface area (Å²) >= 11 is 0. The average Bonchev–Trinajstić information content (AvgIpc) is 2.15. The van der Waals surface area contributed by atoms with Crippen LogP contribution in [0.2, 0.25) is 0 Å². The Bertz CT molecular complexity index is 311. The van der Waals surface area contributed by atoms with Crippen molar-refractivity contribution in [3.05, 3.63) is 0 Å². The molecular formula is C11H20N2O4. The van der Waals surface area contributed by atoms with Crippen molar-refractivity contribution in [1.29, 1.82) is 0 Å². The molecule has 2 atom stereocenters. The largest absolute Gasteiger partial charge is 0.443 e. The van der Waals surface area contributed by atoms with Gasteiger partial charge in [-0.2, -0.15) is 0 Å². The van der Waals surface area contributed by atoms with Crippen LogP contribution < -0.4 is 5.32 Å². The molecule has 6 heteroatoms. The number of nitrogens with one attached hydrogen (secondary N) is 1. The van der Waals surface area contributed by atoms with E-state index in [1.165, 1.54) is 0 Å². The molecule has 0 aromatic rings. The van der Waals surface area contributed by atoms with E-state index in [-0.39, 0.29) is 12.6 Å². The average molecular weight is 244 g/mol. The fourth-order valence-corrected chi connectivity index (χ4v) is 1.60. The molecule has 1 saturated heterocycles. The lowest BCUT2D eigenvalue weighted by atomic mass is 10.1. The highest BCUT2D eigenvalue weighted by Crippen LogP contribution is 2.15. The van der Waals surface area contributed by atoms with Gasteiger partial charge in [0.2, 0.25) is 0 Å². The fraction of sp³-hybridized carbons (Fsp3) is 0.818. The molecule has 2 N–H and O–H groups in total. The van der Waals surface area contributed by atoms with Gasteiger partial charge in [0, 0.05) is 6.54 Å². The Balaban J connectivity index is 2.78. The molecule has 0 aliphatic carbocycles. The number of piperazine rings is 1. The second-order valence-electron chi connectivity index (χ2n) is 5.18. The van der Waals surface area contributed by atoms with E-state index in [2.05, 4.69) is 5.32 Å². The standard InChI is InChI=1S/C11H20N2O4/c1-7-5-12-8(6-14)9(15)13(7)10(16)17-11(2,3)4/h7-8,12,14H,5-6H2,1-4H3/t7-,8+/m0/s1. The number of nitrogens with zero attached hydrogens (tertiary/aromatic N) is 1. The Morgan fingerprint density at radius 1 is 1.59 bits per heavy atom. The molecule has 98 valence electrons. The highest BCUT2D eigenvalue weighted by atomic mass is 16.6. The molecule has 17 heavy (non-hydrogen) atoms. The molecule has 0 spiro atoms. The highest BCUT2D eigenvalue weighted by Gasteiger charge is 2.38. The maximum absolute atomic E-state index is 11.9. The van der Waals surface area contributed by atoms with Crippen LogP contribution in [0.25, 0.3) is 0 Å². The quantitative estimate of drug-likeness (QED) is 0.684. The molecule has 6 nitrogen and oxygen atoms in total. The Morgan fingerprint density at radius 3 is 2.65 bits per heavy atom. The summed E-state index contributed by atoms with van der Waals surface area (Å²) in [5.41, 5.74) is -0.642. The van der Waals surface area contributed by atoms with Gasteiger partial charge in [-0.05, 0) is 27.7 Å². The van der Waals surface area contributed by atoms with Crippen molar-refractivity contribution in [2.24, 2.45) is 0 Å². The smallest absolute Gasteiger partial charge is 0.417 e. The van der Waals surface area contributed by atoms with Crippen LogP contribution in [0.3, 0.4) is 0 Å². The SMILES string of the molecule is C[C@H]1CN[C@H](CO)C(=O)N1C(=O)OC(C)(C)C. The summed E-state index contributed by atoms with van der Waals surface area (Å²) in [6.45, 7) is 7.10. The highest BCUT2D eigenvalue weighted by molar-refractivity contribution is 5.96. The van der Waals surface area contributed by atoms with Gasteiger partial charge >= 0.3 is 6.09 Å². The van der Waals surface area contributed by atoms with Gasteiger partial charge in [-0.25, -0.2) is 9.69 Å². The number of amides is 2. The van der Waals surface area contributed by atoms with Crippen molar-refractivity contribution in [1.82, 2.24) is 10.2 Å². The molecule has 0 radical (unpaired) electrons.